The fourth-order valence-corrected chi connectivity index (χ4v) is 3.07. The number of nitro benzene ring substituents is 1. The maximum atomic E-state index is 10.7. The van der Waals surface area contributed by atoms with E-state index in [1.807, 2.05) is 30.3 Å². The average molecular weight is 289 g/mol. The van der Waals surface area contributed by atoms with Crippen molar-refractivity contribution in [3.05, 3.63) is 75.8 Å². The fraction of sp³-hybridized carbons (Fsp3) is 0.176. The first-order valence-electron chi connectivity index (χ1n) is 6.76. The van der Waals surface area contributed by atoms with Crippen LogP contribution in [0.5, 0.6) is 0 Å². The van der Waals surface area contributed by atoms with Crippen LogP contribution in [0.15, 0.2) is 54.6 Å². The second kappa shape index (κ2) is 4.98. The van der Waals surface area contributed by atoms with Crippen molar-refractivity contribution in [3.63, 3.8) is 0 Å². The van der Waals surface area contributed by atoms with Gasteiger partial charge >= 0.3 is 0 Å². The van der Waals surface area contributed by atoms with E-state index >= 15 is 0 Å². The van der Waals surface area contributed by atoms with Crippen LogP contribution in [0.4, 0.5) is 5.69 Å². The van der Waals surface area contributed by atoms with E-state index in [0.717, 1.165) is 11.1 Å². The molecule has 1 aliphatic rings. The summed E-state index contributed by atoms with van der Waals surface area (Å²) in [6.07, 6.45) is 0. The molecule has 0 unspecified atom stereocenters. The van der Waals surface area contributed by atoms with Gasteiger partial charge in [-0.25, -0.2) is 0 Å². The lowest BCUT2D eigenvalue weighted by atomic mass is 10.0. The van der Waals surface area contributed by atoms with Crippen molar-refractivity contribution in [2.75, 3.05) is 0 Å². The van der Waals surface area contributed by atoms with Gasteiger partial charge in [0, 0.05) is 24.0 Å². The lowest BCUT2D eigenvalue weighted by molar-refractivity contribution is -0.384. The van der Waals surface area contributed by atoms with E-state index in [4.69, 9.17) is 0 Å². The number of non-ortho nitro benzene ring substituents is 1. The topological polar surface area (TPSA) is 90.7 Å². The van der Waals surface area contributed by atoms with Gasteiger partial charge in [0.2, 0.25) is 0 Å². The van der Waals surface area contributed by atoms with Crippen LogP contribution in [0.25, 0.3) is 0 Å². The fourth-order valence-electron chi connectivity index (χ4n) is 3.07. The molecule has 22 heavy (non-hydrogen) atoms. The summed E-state index contributed by atoms with van der Waals surface area (Å²) in [6, 6.07) is 19.8. The molecule has 5 nitrogen and oxygen atoms in total. The van der Waals surface area contributed by atoms with Crippen LogP contribution in [0.1, 0.15) is 23.0 Å². The highest BCUT2D eigenvalue weighted by Crippen LogP contribution is 2.69. The number of nitro groups is 1. The molecule has 0 bridgehead atoms. The minimum Gasteiger partial charge on any atom is -0.258 e. The average Bonchev–Trinajstić information content (AvgIpc) is 3.25. The Hall–Kier alpha value is -3.18. The maximum absolute atomic E-state index is 10.7. The normalized spacial score (nSPS) is 21.4. The van der Waals surface area contributed by atoms with Crippen molar-refractivity contribution in [2.24, 2.45) is 5.41 Å². The zero-order valence-corrected chi connectivity index (χ0v) is 11.5. The molecule has 0 heterocycles. The highest BCUT2D eigenvalue weighted by Gasteiger charge is 2.67. The minimum absolute atomic E-state index is 0.000163. The summed E-state index contributed by atoms with van der Waals surface area (Å²) in [4.78, 5) is 10.3. The highest BCUT2D eigenvalue weighted by atomic mass is 16.6. The Balaban J connectivity index is 2.01. The molecule has 2 aromatic rings. The molecule has 0 saturated heterocycles. The lowest BCUT2D eigenvalue weighted by Gasteiger charge is -2.00. The monoisotopic (exact) mass is 289 g/mol. The van der Waals surface area contributed by atoms with Gasteiger partial charge in [0.1, 0.15) is 0 Å². The third kappa shape index (κ3) is 1.92. The molecular weight excluding hydrogens is 278 g/mol. The Morgan fingerprint density at radius 3 is 1.86 bits per heavy atom. The first-order chi connectivity index (χ1) is 10.6. The zero-order chi connectivity index (χ0) is 15.7. The minimum atomic E-state index is -1.10. The van der Waals surface area contributed by atoms with Gasteiger partial charge in [-0.1, -0.05) is 42.5 Å². The molecule has 0 N–H and O–H groups in total. The Kier molecular flexibility index (Phi) is 3.12. The molecule has 2 atom stereocenters. The van der Waals surface area contributed by atoms with Gasteiger partial charge < -0.3 is 0 Å². The summed E-state index contributed by atoms with van der Waals surface area (Å²) >= 11 is 0. The number of nitrogens with zero attached hydrogens (tertiary/aromatic N) is 3. The van der Waals surface area contributed by atoms with Crippen LogP contribution in [0.3, 0.4) is 0 Å². The molecule has 0 spiro atoms. The highest BCUT2D eigenvalue weighted by molar-refractivity contribution is 5.53. The number of nitriles is 2. The Labute approximate surface area is 127 Å². The first kappa shape index (κ1) is 13.8. The second-order valence-corrected chi connectivity index (χ2v) is 5.31. The van der Waals surface area contributed by atoms with E-state index in [9.17, 15) is 20.6 Å². The molecule has 5 heteroatoms. The molecule has 3 rings (SSSR count). The van der Waals surface area contributed by atoms with E-state index in [-0.39, 0.29) is 17.5 Å². The van der Waals surface area contributed by atoms with Gasteiger partial charge in [-0.15, -0.1) is 0 Å². The molecule has 0 aromatic heterocycles. The quantitative estimate of drug-likeness (QED) is 0.638. The third-order valence-corrected chi connectivity index (χ3v) is 4.20. The summed E-state index contributed by atoms with van der Waals surface area (Å²) < 4.78 is 0. The van der Waals surface area contributed by atoms with Gasteiger partial charge in [-0.05, 0) is 11.1 Å². The van der Waals surface area contributed by atoms with Gasteiger partial charge in [-0.3, -0.25) is 10.1 Å². The number of hydrogen-bond donors (Lipinski definition) is 0. The zero-order valence-electron chi connectivity index (χ0n) is 11.5. The Bertz CT molecular complexity index is 787. The summed E-state index contributed by atoms with van der Waals surface area (Å²) in [5.41, 5.74) is 0.619. The summed E-state index contributed by atoms with van der Waals surface area (Å²) in [6.45, 7) is 0. The maximum Gasteiger partial charge on any atom is 0.269 e. The molecule has 0 aliphatic heterocycles. The van der Waals surface area contributed by atoms with E-state index in [1.165, 1.54) is 12.1 Å². The van der Waals surface area contributed by atoms with E-state index in [1.54, 1.807) is 12.1 Å². The SMILES string of the molecule is N#CC1(C#N)[C@H](c2ccc([N+](=O)[O-])cc2)[C@@H]1c1ccccc1. The van der Waals surface area contributed by atoms with Crippen molar-refractivity contribution < 1.29 is 4.92 Å². The standard InChI is InChI=1S/C17H11N3O2/c18-10-17(11-19)15(12-4-2-1-3-5-12)16(17)13-6-8-14(9-7-13)20(21)22/h1-9,15-16H/t15-,16+/m0/s1. The van der Waals surface area contributed by atoms with Gasteiger partial charge in [0.05, 0.1) is 17.1 Å². The Morgan fingerprint density at radius 1 is 0.909 bits per heavy atom. The third-order valence-electron chi connectivity index (χ3n) is 4.20. The molecule has 1 aliphatic carbocycles. The number of hydrogen-bond acceptors (Lipinski definition) is 4. The van der Waals surface area contributed by atoms with Crippen LogP contribution < -0.4 is 0 Å². The van der Waals surface area contributed by atoms with Crippen LogP contribution in [-0.4, -0.2) is 4.92 Å². The molecule has 106 valence electrons. The predicted molar refractivity (Wildman–Crippen MR) is 78.7 cm³/mol. The predicted octanol–water partition coefficient (Wildman–Crippen LogP) is 3.51. The molecule has 1 fully saturated rings. The smallest absolute Gasteiger partial charge is 0.258 e. The van der Waals surface area contributed by atoms with Crippen LogP contribution in [0, 0.1) is 38.2 Å². The summed E-state index contributed by atoms with van der Waals surface area (Å²) in [5, 5.41) is 29.7. The van der Waals surface area contributed by atoms with Crippen molar-refractivity contribution >= 4 is 5.69 Å². The van der Waals surface area contributed by atoms with Crippen molar-refractivity contribution in [2.45, 2.75) is 11.8 Å². The largest absolute Gasteiger partial charge is 0.269 e. The Morgan fingerprint density at radius 2 is 1.41 bits per heavy atom. The van der Waals surface area contributed by atoms with Gasteiger partial charge in [0.15, 0.2) is 5.41 Å². The van der Waals surface area contributed by atoms with Crippen molar-refractivity contribution in [3.8, 4) is 12.1 Å². The van der Waals surface area contributed by atoms with E-state index in [2.05, 4.69) is 12.1 Å². The molecule has 0 amide bonds. The van der Waals surface area contributed by atoms with Gasteiger partial charge in [-0.2, -0.15) is 10.5 Å². The number of benzene rings is 2. The summed E-state index contributed by atoms with van der Waals surface area (Å²) in [7, 11) is 0. The van der Waals surface area contributed by atoms with Gasteiger partial charge in [0.25, 0.3) is 5.69 Å². The molecular formula is C17H11N3O2. The van der Waals surface area contributed by atoms with Crippen LogP contribution in [0.2, 0.25) is 0 Å². The first-order valence-corrected chi connectivity index (χ1v) is 6.76. The molecule has 2 aromatic carbocycles. The van der Waals surface area contributed by atoms with E-state index < -0.39 is 10.3 Å². The van der Waals surface area contributed by atoms with Crippen LogP contribution in [-0.2, 0) is 0 Å². The van der Waals surface area contributed by atoms with Crippen molar-refractivity contribution in [1.82, 2.24) is 0 Å². The number of rotatable bonds is 3. The molecule has 0 radical (unpaired) electrons. The summed E-state index contributed by atoms with van der Waals surface area (Å²) in [5.74, 6) is -0.462. The molecule has 1 saturated carbocycles. The van der Waals surface area contributed by atoms with Crippen molar-refractivity contribution in [1.29, 1.82) is 10.5 Å². The second-order valence-electron chi connectivity index (χ2n) is 5.31. The lowest BCUT2D eigenvalue weighted by Crippen LogP contribution is -1.97. The van der Waals surface area contributed by atoms with Crippen LogP contribution >= 0.6 is 0 Å². The van der Waals surface area contributed by atoms with E-state index in [0.29, 0.717) is 0 Å².